The molecule has 2 nitrogen and oxygen atoms in total. The van der Waals surface area contributed by atoms with E-state index in [1.807, 2.05) is 18.1 Å². The summed E-state index contributed by atoms with van der Waals surface area (Å²) in [5.74, 6) is 1.03. The summed E-state index contributed by atoms with van der Waals surface area (Å²) in [7, 11) is 2.00. The van der Waals surface area contributed by atoms with Crippen molar-refractivity contribution in [1.82, 2.24) is 4.90 Å². The predicted molar refractivity (Wildman–Crippen MR) is 77.2 cm³/mol. The van der Waals surface area contributed by atoms with E-state index in [-0.39, 0.29) is 0 Å². The Morgan fingerprint density at radius 1 is 0.944 bits per heavy atom. The molecule has 18 heavy (non-hydrogen) atoms. The summed E-state index contributed by atoms with van der Waals surface area (Å²) >= 11 is 0. The van der Waals surface area contributed by atoms with Gasteiger partial charge in [0, 0.05) is 19.4 Å². The lowest BCUT2D eigenvalue weighted by Gasteiger charge is -2.26. The SMILES string of the molecule is CC(C)c1cccc(C(C)C)c1N1[C]N(C)C=C1. The van der Waals surface area contributed by atoms with Gasteiger partial charge >= 0.3 is 0 Å². The van der Waals surface area contributed by atoms with Crippen molar-refractivity contribution in [3.8, 4) is 0 Å². The first kappa shape index (κ1) is 13.0. The quantitative estimate of drug-likeness (QED) is 0.785. The molecule has 1 aromatic carbocycles. The molecular formula is C16H22N2. The highest BCUT2D eigenvalue weighted by Gasteiger charge is 2.21. The largest absolute Gasteiger partial charge is 0.349 e. The van der Waals surface area contributed by atoms with Crippen molar-refractivity contribution in [3.05, 3.63) is 48.4 Å². The molecule has 0 atom stereocenters. The summed E-state index contributed by atoms with van der Waals surface area (Å²) < 4.78 is 0. The van der Waals surface area contributed by atoms with Crippen molar-refractivity contribution in [1.29, 1.82) is 0 Å². The van der Waals surface area contributed by atoms with Crippen molar-refractivity contribution in [3.63, 3.8) is 0 Å². The van der Waals surface area contributed by atoms with E-state index in [0.29, 0.717) is 11.8 Å². The highest BCUT2D eigenvalue weighted by Crippen LogP contribution is 2.37. The predicted octanol–water partition coefficient (Wildman–Crippen LogP) is 4.15. The zero-order valence-electron chi connectivity index (χ0n) is 11.9. The van der Waals surface area contributed by atoms with Crippen LogP contribution in [0.25, 0.3) is 0 Å². The summed E-state index contributed by atoms with van der Waals surface area (Å²) in [4.78, 5) is 4.08. The molecule has 1 heterocycles. The maximum Gasteiger partial charge on any atom is 0.212 e. The molecule has 1 aliphatic heterocycles. The Hall–Kier alpha value is -1.44. The molecule has 0 bridgehead atoms. The van der Waals surface area contributed by atoms with Gasteiger partial charge in [-0.25, -0.2) is 0 Å². The van der Waals surface area contributed by atoms with Crippen molar-refractivity contribution < 1.29 is 0 Å². The molecule has 2 radical (unpaired) electrons. The second kappa shape index (κ2) is 5.05. The highest BCUT2D eigenvalue weighted by molar-refractivity contribution is 5.65. The zero-order valence-corrected chi connectivity index (χ0v) is 11.9. The van der Waals surface area contributed by atoms with Crippen LogP contribution >= 0.6 is 0 Å². The van der Waals surface area contributed by atoms with Gasteiger partial charge in [0.05, 0.1) is 5.69 Å². The third kappa shape index (κ3) is 2.38. The fraction of sp³-hybridized carbons (Fsp3) is 0.438. The zero-order chi connectivity index (χ0) is 13.3. The van der Waals surface area contributed by atoms with Crippen LogP contribution in [0.2, 0.25) is 0 Å². The minimum atomic E-state index is 0.514. The van der Waals surface area contributed by atoms with Crippen LogP contribution in [-0.2, 0) is 0 Å². The van der Waals surface area contributed by atoms with E-state index in [9.17, 15) is 0 Å². The monoisotopic (exact) mass is 242 g/mol. The maximum atomic E-state index is 3.32. The van der Waals surface area contributed by atoms with Gasteiger partial charge < -0.3 is 9.80 Å². The summed E-state index contributed by atoms with van der Waals surface area (Å²) in [6, 6.07) is 6.61. The Kier molecular flexibility index (Phi) is 3.65. The fourth-order valence-corrected chi connectivity index (χ4v) is 2.32. The molecule has 2 rings (SSSR count). The number of nitrogens with zero attached hydrogens (tertiary/aromatic N) is 2. The van der Waals surface area contributed by atoms with E-state index in [2.05, 4.69) is 63.7 Å². The van der Waals surface area contributed by atoms with Gasteiger partial charge in [-0.15, -0.1) is 0 Å². The highest BCUT2D eigenvalue weighted by atomic mass is 15.3. The molecule has 0 saturated carbocycles. The minimum absolute atomic E-state index is 0.514. The number of anilines is 1. The normalized spacial score (nSPS) is 15.3. The van der Waals surface area contributed by atoms with Crippen LogP contribution < -0.4 is 4.90 Å². The smallest absolute Gasteiger partial charge is 0.212 e. The standard InChI is InChI=1S/C16H22N2/c1-12(2)14-7-6-8-15(13(3)4)16(14)18-10-9-17(5)11-18/h6-10,12-13H,1-5H3. The second-order valence-electron chi connectivity index (χ2n) is 5.47. The van der Waals surface area contributed by atoms with Crippen LogP contribution in [0.5, 0.6) is 0 Å². The molecule has 0 aliphatic carbocycles. The Morgan fingerprint density at radius 2 is 1.50 bits per heavy atom. The van der Waals surface area contributed by atoms with E-state index in [4.69, 9.17) is 0 Å². The van der Waals surface area contributed by atoms with Crippen LogP contribution in [0.15, 0.2) is 30.6 Å². The average Bonchev–Trinajstić information content (AvgIpc) is 2.74. The van der Waals surface area contributed by atoms with Crippen LogP contribution in [0.4, 0.5) is 5.69 Å². The number of rotatable bonds is 3. The third-order valence-corrected chi connectivity index (χ3v) is 3.29. The van der Waals surface area contributed by atoms with Gasteiger partial charge in [-0.05, 0) is 23.0 Å². The van der Waals surface area contributed by atoms with Gasteiger partial charge in [0.1, 0.15) is 0 Å². The van der Waals surface area contributed by atoms with Gasteiger partial charge in [-0.1, -0.05) is 45.9 Å². The van der Waals surface area contributed by atoms with Gasteiger partial charge in [-0.3, -0.25) is 0 Å². The fourth-order valence-electron chi connectivity index (χ4n) is 2.32. The lowest BCUT2D eigenvalue weighted by Crippen LogP contribution is -2.18. The summed E-state index contributed by atoms with van der Waals surface area (Å²) in [6.45, 7) is 12.3. The molecule has 0 amide bonds. The van der Waals surface area contributed by atoms with Gasteiger partial charge in [0.25, 0.3) is 0 Å². The number of hydrogen-bond acceptors (Lipinski definition) is 2. The number of benzene rings is 1. The van der Waals surface area contributed by atoms with Gasteiger partial charge in [0.2, 0.25) is 6.67 Å². The van der Waals surface area contributed by atoms with Crippen LogP contribution in [0, 0.1) is 6.67 Å². The van der Waals surface area contributed by atoms with E-state index in [1.54, 1.807) is 0 Å². The van der Waals surface area contributed by atoms with Crippen molar-refractivity contribution in [2.45, 2.75) is 39.5 Å². The molecule has 0 fully saturated rings. The van der Waals surface area contributed by atoms with Crippen LogP contribution in [0.1, 0.15) is 50.7 Å². The summed E-state index contributed by atoms with van der Waals surface area (Å²) in [6.07, 6.45) is 4.11. The Balaban J connectivity index is 2.50. The molecule has 0 aromatic heterocycles. The van der Waals surface area contributed by atoms with E-state index < -0.39 is 0 Å². The van der Waals surface area contributed by atoms with Crippen LogP contribution in [-0.4, -0.2) is 11.9 Å². The maximum absolute atomic E-state index is 3.32. The number of para-hydroxylation sites is 1. The van der Waals surface area contributed by atoms with Gasteiger partial charge in [-0.2, -0.15) is 0 Å². The lowest BCUT2D eigenvalue weighted by molar-refractivity contribution is 0.573. The first-order valence-corrected chi connectivity index (χ1v) is 6.60. The van der Waals surface area contributed by atoms with Crippen molar-refractivity contribution >= 4 is 5.69 Å². The lowest BCUT2D eigenvalue weighted by atomic mass is 9.92. The topological polar surface area (TPSA) is 6.48 Å². The summed E-state index contributed by atoms with van der Waals surface area (Å²) in [5, 5.41) is 0. The van der Waals surface area contributed by atoms with Crippen molar-refractivity contribution in [2.24, 2.45) is 0 Å². The average molecular weight is 242 g/mol. The molecule has 0 N–H and O–H groups in total. The Morgan fingerprint density at radius 3 is 1.89 bits per heavy atom. The van der Waals surface area contributed by atoms with E-state index in [1.165, 1.54) is 16.8 Å². The Labute approximate surface area is 111 Å². The molecule has 1 aliphatic rings. The molecule has 2 heteroatoms. The number of hydrogen-bond donors (Lipinski definition) is 0. The molecule has 0 spiro atoms. The first-order chi connectivity index (χ1) is 8.50. The third-order valence-electron chi connectivity index (χ3n) is 3.29. The molecular weight excluding hydrogens is 220 g/mol. The summed E-state index contributed by atoms with van der Waals surface area (Å²) in [5.41, 5.74) is 4.06. The second-order valence-corrected chi connectivity index (χ2v) is 5.47. The molecule has 0 saturated heterocycles. The minimum Gasteiger partial charge on any atom is -0.349 e. The van der Waals surface area contributed by atoms with E-state index in [0.717, 1.165) is 0 Å². The van der Waals surface area contributed by atoms with Gasteiger partial charge in [0.15, 0.2) is 0 Å². The van der Waals surface area contributed by atoms with E-state index >= 15 is 0 Å². The molecule has 96 valence electrons. The first-order valence-electron chi connectivity index (χ1n) is 6.60. The molecule has 1 aromatic rings. The Bertz CT molecular complexity index is 420. The van der Waals surface area contributed by atoms with Crippen molar-refractivity contribution in [2.75, 3.05) is 11.9 Å². The molecule has 0 unspecified atom stereocenters. The van der Waals surface area contributed by atoms with Crippen LogP contribution in [0.3, 0.4) is 0 Å².